The first kappa shape index (κ1) is 14.4. The fraction of sp³-hybridized carbons (Fsp3) is 1.00. The van der Waals surface area contributed by atoms with E-state index < -0.39 is 5.79 Å². The number of aliphatic hydroxyl groups excluding tert-OH is 1. The summed E-state index contributed by atoms with van der Waals surface area (Å²) in [7, 11) is 0. The lowest BCUT2D eigenvalue weighted by Crippen LogP contribution is -2.31. The van der Waals surface area contributed by atoms with Crippen LogP contribution in [0.4, 0.5) is 0 Å². The van der Waals surface area contributed by atoms with Gasteiger partial charge < -0.3 is 24.1 Å². The Morgan fingerprint density at radius 3 is 2.57 bits per heavy atom. The van der Waals surface area contributed by atoms with Gasteiger partial charge in [0.25, 0.3) is 0 Å². The van der Waals surface area contributed by atoms with Crippen molar-refractivity contribution in [1.82, 2.24) is 0 Å². The zero-order valence-electron chi connectivity index (χ0n) is 12.5. The van der Waals surface area contributed by atoms with E-state index >= 15 is 0 Å². The standard InChI is InChI=1S/C16H26O5/c17-9-14-10-19-16(21-14)7-11-5-13(6-12(11)8-16)20-15-3-1-2-4-18-15/h11-15,17H,1-10H2/t11-,12+,13?,14?,15?,16?. The Morgan fingerprint density at radius 2 is 1.95 bits per heavy atom. The molecule has 0 radical (unpaired) electrons. The van der Waals surface area contributed by atoms with E-state index in [1.165, 1.54) is 12.8 Å². The third kappa shape index (κ3) is 2.86. The van der Waals surface area contributed by atoms with Crippen molar-refractivity contribution in [1.29, 1.82) is 0 Å². The maximum Gasteiger partial charge on any atom is 0.169 e. The molecule has 0 amide bonds. The van der Waals surface area contributed by atoms with E-state index in [0.717, 1.165) is 38.7 Å². The highest BCUT2D eigenvalue weighted by Crippen LogP contribution is 2.53. The van der Waals surface area contributed by atoms with Gasteiger partial charge in [0.1, 0.15) is 6.10 Å². The fourth-order valence-corrected chi connectivity index (χ4v) is 4.60. The summed E-state index contributed by atoms with van der Waals surface area (Å²) in [5.41, 5.74) is 0. The van der Waals surface area contributed by atoms with Gasteiger partial charge in [-0.05, 0) is 43.9 Å². The quantitative estimate of drug-likeness (QED) is 0.861. The van der Waals surface area contributed by atoms with Crippen molar-refractivity contribution < 1.29 is 24.1 Å². The molecule has 2 aliphatic heterocycles. The Morgan fingerprint density at radius 1 is 1.14 bits per heavy atom. The average molecular weight is 298 g/mol. The minimum absolute atomic E-state index is 0.0225. The van der Waals surface area contributed by atoms with Crippen LogP contribution in [0, 0.1) is 11.8 Å². The summed E-state index contributed by atoms with van der Waals surface area (Å²) in [6, 6.07) is 0. The van der Waals surface area contributed by atoms with Gasteiger partial charge in [0.2, 0.25) is 0 Å². The molecule has 1 spiro atoms. The highest BCUT2D eigenvalue weighted by Gasteiger charge is 2.54. The van der Waals surface area contributed by atoms with Gasteiger partial charge in [-0.25, -0.2) is 0 Å². The molecule has 4 unspecified atom stereocenters. The zero-order chi connectivity index (χ0) is 14.3. The molecule has 2 aliphatic carbocycles. The van der Waals surface area contributed by atoms with Crippen molar-refractivity contribution in [2.24, 2.45) is 11.8 Å². The number of hydrogen-bond donors (Lipinski definition) is 1. The normalized spacial score (nSPS) is 49.9. The van der Waals surface area contributed by atoms with Crippen molar-refractivity contribution >= 4 is 0 Å². The van der Waals surface area contributed by atoms with E-state index in [0.29, 0.717) is 24.5 Å². The Balaban J connectivity index is 1.29. The second-order valence-electron chi connectivity index (χ2n) is 7.10. The zero-order valence-corrected chi connectivity index (χ0v) is 12.5. The monoisotopic (exact) mass is 298 g/mol. The van der Waals surface area contributed by atoms with Gasteiger partial charge in [-0.3, -0.25) is 0 Å². The maximum absolute atomic E-state index is 9.20. The first-order valence-electron chi connectivity index (χ1n) is 8.46. The highest BCUT2D eigenvalue weighted by atomic mass is 16.7. The molecular formula is C16H26O5. The summed E-state index contributed by atoms with van der Waals surface area (Å²) >= 11 is 0. The molecule has 21 heavy (non-hydrogen) atoms. The van der Waals surface area contributed by atoms with E-state index in [9.17, 15) is 5.11 Å². The minimum atomic E-state index is -0.408. The lowest BCUT2D eigenvalue weighted by Gasteiger charge is -2.28. The van der Waals surface area contributed by atoms with E-state index in [2.05, 4.69) is 0 Å². The largest absolute Gasteiger partial charge is 0.394 e. The molecule has 5 nitrogen and oxygen atoms in total. The topological polar surface area (TPSA) is 57.2 Å². The van der Waals surface area contributed by atoms with Crippen LogP contribution in [0.1, 0.15) is 44.9 Å². The lowest BCUT2D eigenvalue weighted by atomic mass is 10.0. The maximum atomic E-state index is 9.20. The van der Waals surface area contributed by atoms with Gasteiger partial charge in [-0.1, -0.05) is 0 Å². The summed E-state index contributed by atoms with van der Waals surface area (Å²) in [4.78, 5) is 0. The summed E-state index contributed by atoms with van der Waals surface area (Å²) in [5.74, 6) is 0.863. The average Bonchev–Trinajstić information content (AvgIpc) is 3.14. The molecule has 0 aromatic heterocycles. The molecule has 0 bridgehead atoms. The van der Waals surface area contributed by atoms with Crippen LogP contribution in [0.5, 0.6) is 0 Å². The van der Waals surface area contributed by atoms with Gasteiger partial charge in [-0.15, -0.1) is 0 Å². The van der Waals surface area contributed by atoms with Crippen LogP contribution < -0.4 is 0 Å². The molecule has 1 N–H and O–H groups in total. The van der Waals surface area contributed by atoms with Crippen molar-refractivity contribution in [3.8, 4) is 0 Å². The lowest BCUT2D eigenvalue weighted by molar-refractivity contribution is -0.194. The number of aliphatic hydroxyl groups is 1. The van der Waals surface area contributed by atoms with Crippen LogP contribution in [0.2, 0.25) is 0 Å². The number of rotatable bonds is 3. The molecule has 4 aliphatic rings. The molecule has 4 fully saturated rings. The third-order valence-corrected chi connectivity index (χ3v) is 5.54. The Labute approximate surface area is 125 Å². The Kier molecular flexibility index (Phi) is 3.96. The predicted molar refractivity (Wildman–Crippen MR) is 74.6 cm³/mol. The predicted octanol–water partition coefficient (Wildman–Crippen LogP) is 1.82. The van der Waals surface area contributed by atoms with Crippen LogP contribution in [-0.4, -0.2) is 49.2 Å². The molecule has 4 rings (SSSR count). The van der Waals surface area contributed by atoms with Crippen molar-refractivity contribution in [3.05, 3.63) is 0 Å². The molecule has 5 heteroatoms. The smallest absolute Gasteiger partial charge is 0.169 e. The van der Waals surface area contributed by atoms with E-state index in [-0.39, 0.29) is 19.0 Å². The van der Waals surface area contributed by atoms with Crippen molar-refractivity contribution in [2.45, 2.75) is 69.2 Å². The minimum Gasteiger partial charge on any atom is -0.394 e. The van der Waals surface area contributed by atoms with Crippen molar-refractivity contribution in [2.75, 3.05) is 19.8 Å². The molecule has 120 valence electrons. The van der Waals surface area contributed by atoms with Gasteiger partial charge in [0, 0.05) is 19.4 Å². The van der Waals surface area contributed by atoms with Gasteiger partial charge in [0.15, 0.2) is 12.1 Å². The van der Waals surface area contributed by atoms with E-state index in [4.69, 9.17) is 18.9 Å². The molecule has 6 atom stereocenters. The first-order valence-corrected chi connectivity index (χ1v) is 8.46. The summed E-state index contributed by atoms with van der Waals surface area (Å²) in [6.45, 7) is 1.44. The highest BCUT2D eigenvalue weighted by molar-refractivity contribution is 4.99. The Bertz CT molecular complexity index is 354. The van der Waals surface area contributed by atoms with Gasteiger partial charge >= 0.3 is 0 Å². The fourth-order valence-electron chi connectivity index (χ4n) is 4.60. The summed E-state index contributed by atoms with van der Waals surface area (Å²) < 4.78 is 23.6. The first-order chi connectivity index (χ1) is 10.3. The molecule has 0 aromatic carbocycles. The van der Waals surface area contributed by atoms with Crippen LogP contribution in [0.15, 0.2) is 0 Å². The molecule has 2 saturated heterocycles. The van der Waals surface area contributed by atoms with E-state index in [1.54, 1.807) is 0 Å². The summed E-state index contributed by atoms with van der Waals surface area (Å²) in [5, 5.41) is 9.20. The van der Waals surface area contributed by atoms with Crippen LogP contribution >= 0.6 is 0 Å². The molecule has 2 heterocycles. The van der Waals surface area contributed by atoms with Crippen LogP contribution in [0.25, 0.3) is 0 Å². The number of hydrogen-bond acceptors (Lipinski definition) is 5. The second kappa shape index (κ2) is 5.78. The molecule has 0 aromatic rings. The third-order valence-electron chi connectivity index (χ3n) is 5.54. The van der Waals surface area contributed by atoms with Crippen molar-refractivity contribution in [3.63, 3.8) is 0 Å². The molecule has 2 saturated carbocycles. The SMILES string of the molecule is OCC1COC2(C[C@H]3CC(OC4CCCCO4)C[C@H]3C2)O1. The van der Waals surface area contributed by atoms with Crippen LogP contribution in [-0.2, 0) is 18.9 Å². The van der Waals surface area contributed by atoms with E-state index in [1.807, 2.05) is 0 Å². The summed E-state index contributed by atoms with van der Waals surface area (Å²) in [6.07, 6.45) is 7.78. The second-order valence-corrected chi connectivity index (χ2v) is 7.10. The Hall–Kier alpha value is -0.200. The number of fused-ring (bicyclic) bond motifs is 1. The molecular weight excluding hydrogens is 272 g/mol. The van der Waals surface area contributed by atoms with Crippen LogP contribution in [0.3, 0.4) is 0 Å². The number of ether oxygens (including phenoxy) is 4. The van der Waals surface area contributed by atoms with Gasteiger partial charge in [-0.2, -0.15) is 0 Å². The van der Waals surface area contributed by atoms with Gasteiger partial charge in [0.05, 0.1) is 19.3 Å².